The molecule has 0 aliphatic carbocycles. The van der Waals surface area contributed by atoms with E-state index in [9.17, 15) is 13.0 Å². The van der Waals surface area contributed by atoms with Crippen molar-refractivity contribution in [3.05, 3.63) is 29.8 Å². The molecule has 0 atom stereocenters. The molecule has 0 unspecified atom stereocenters. The minimum Gasteiger partial charge on any atom is -0.192 e. The Balaban J connectivity index is 3.06. The number of hydrogen-bond acceptors (Lipinski definition) is 2. The van der Waals surface area contributed by atoms with E-state index in [0.29, 0.717) is 0 Å². The minimum absolute atomic E-state index is 0.140. The van der Waals surface area contributed by atoms with Crippen molar-refractivity contribution in [1.82, 2.24) is 0 Å². The maximum absolute atomic E-state index is 10.6. The highest BCUT2D eigenvalue weighted by atomic mass is 32.2. The summed E-state index contributed by atoms with van der Waals surface area (Å²) in [4.78, 5) is -0.140. The molecule has 1 radical (unpaired) electrons. The molecule has 0 spiro atoms. The number of hydrogen-bond donors (Lipinski definition) is 0. The van der Waals surface area contributed by atoms with E-state index in [4.69, 9.17) is 0 Å². The van der Waals surface area contributed by atoms with Gasteiger partial charge in [-0.3, -0.25) is 0 Å². The topological polar surface area (TPSA) is 54.0 Å². The molecule has 0 aliphatic rings. The Hall–Kier alpha value is -0.870. The monoisotopic (exact) mass is 199 g/mol. The van der Waals surface area contributed by atoms with Gasteiger partial charge < -0.3 is 0 Å². The van der Waals surface area contributed by atoms with Gasteiger partial charge in [0.05, 0.1) is 4.90 Å². The van der Waals surface area contributed by atoms with E-state index < -0.39 is 10.1 Å². The average molecular weight is 199 g/mol. The van der Waals surface area contributed by atoms with Crippen molar-refractivity contribution in [3.8, 4) is 0 Å². The first-order valence-corrected chi connectivity index (χ1v) is 5.49. The molecule has 1 aromatic rings. The predicted octanol–water partition coefficient (Wildman–Crippen LogP) is 1.76. The molecule has 0 amide bonds. The molecular formula is C9H11O3S. The number of aryl methyl sites for hydroxylation is 1. The fraction of sp³-hybridized carbons (Fsp3) is 0.333. The van der Waals surface area contributed by atoms with Crippen LogP contribution in [0.25, 0.3) is 0 Å². The molecule has 1 rings (SSSR count). The van der Waals surface area contributed by atoms with Gasteiger partial charge in [0.15, 0.2) is 0 Å². The Morgan fingerprint density at radius 1 is 1.31 bits per heavy atom. The standard InChI is InChI=1S/C9H11O3S/c1-2-4-8-5-3-6-9(7-8)13(10,11)12/h3,5-7H,2,4H2,1H3. The first-order valence-electron chi connectivity index (χ1n) is 4.09. The minimum atomic E-state index is -4.29. The molecule has 3 nitrogen and oxygen atoms in total. The third kappa shape index (κ3) is 2.82. The van der Waals surface area contributed by atoms with E-state index in [1.54, 1.807) is 6.07 Å². The van der Waals surface area contributed by atoms with Crippen molar-refractivity contribution in [2.75, 3.05) is 0 Å². The molecule has 0 heterocycles. The van der Waals surface area contributed by atoms with E-state index >= 15 is 0 Å². The van der Waals surface area contributed by atoms with Crippen LogP contribution in [0.5, 0.6) is 0 Å². The quantitative estimate of drug-likeness (QED) is 0.744. The molecule has 4 heteroatoms. The van der Waals surface area contributed by atoms with Crippen LogP contribution < -0.4 is 0 Å². The van der Waals surface area contributed by atoms with Gasteiger partial charge in [-0.1, -0.05) is 30.0 Å². The van der Waals surface area contributed by atoms with Gasteiger partial charge in [-0.15, -0.1) is 0 Å². The largest absolute Gasteiger partial charge is 0.324 e. The van der Waals surface area contributed by atoms with Crippen molar-refractivity contribution in [1.29, 1.82) is 0 Å². The summed E-state index contributed by atoms with van der Waals surface area (Å²) in [7, 11) is -4.29. The third-order valence-corrected chi connectivity index (χ3v) is 2.56. The zero-order chi connectivity index (χ0) is 9.90. The van der Waals surface area contributed by atoms with E-state index in [0.717, 1.165) is 18.4 Å². The SMILES string of the molecule is CCCc1cccc(S([O])(=O)=O)c1. The van der Waals surface area contributed by atoms with Crippen LogP contribution >= 0.6 is 0 Å². The van der Waals surface area contributed by atoms with E-state index in [1.165, 1.54) is 12.1 Å². The fourth-order valence-electron chi connectivity index (χ4n) is 1.15. The number of rotatable bonds is 3. The average Bonchev–Trinajstić information content (AvgIpc) is 2.04. The Morgan fingerprint density at radius 3 is 2.54 bits per heavy atom. The van der Waals surface area contributed by atoms with Crippen LogP contribution in [0.1, 0.15) is 18.9 Å². The lowest BCUT2D eigenvalue weighted by molar-refractivity contribution is 0.414. The summed E-state index contributed by atoms with van der Waals surface area (Å²) < 4.78 is 31.9. The van der Waals surface area contributed by atoms with Gasteiger partial charge >= 0.3 is 10.1 Å². The predicted molar refractivity (Wildman–Crippen MR) is 48.3 cm³/mol. The second-order valence-corrected chi connectivity index (χ2v) is 4.23. The second-order valence-electron chi connectivity index (χ2n) is 2.85. The molecule has 0 saturated carbocycles. The molecule has 0 fully saturated rings. The van der Waals surface area contributed by atoms with Crippen LogP contribution in [0, 0.1) is 0 Å². The summed E-state index contributed by atoms with van der Waals surface area (Å²) in [6, 6.07) is 6.17. The molecule has 0 bridgehead atoms. The molecule has 0 saturated heterocycles. The lowest BCUT2D eigenvalue weighted by Gasteiger charge is -1.99. The van der Waals surface area contributed by atoms with Gasteiger partial charge in [-0.2, -0.15) is 8.42 Å². The van der Waals surface area contributed by atoms with E-state index in [1.807, 2.05) is 13.0 Å². The van der Waals surface area contributed by atoms with Gasteiger partial charge in [0, 0.05) is 0 Å². The summed E-state index contributed by atoms with van der Waals surface area (Å²) in [6.07, 6.45) is 1.73. The lowest BCUT2D eigenvalue weighted by atomic mass is 10.1. The van der Waals surface area contributed by atoms with Crippen molar-refractivity contribution in [3.63, 3.8) is 0 Å². The molecule has 13 heavy (non-hydrogen) atoms. The normalized spacial score (nSPS) is 11.5. The van der Waals surface area contributed by atoms with Crippen molar-refractivity contribution in [2.45, 2.75) is 24.7 Å². The Kier molecular flexibility index (Phi) is 3.06. The first-order chi connectivity index (χ1) is 6.04. The second kappa shape index (κ2) is 3.89. The summed E-state index contributed by atoms with van der Waals surface area (Å²) in [5, 5.41) is 0. The maximum atomic E-state index is 10.6. The molecule has 0 N–H and O–H groups in total. The van der Waals surface area contributed by atoms with Crippen LogP contribution in [0.3, 0.4) is 0 Å². The Morgan fingerprint density at radius 2 is 2.00 bits per heavy atom. The van der Waals surface area contributed by atoms with E-state index in [-0.39, 0.29) is 4.90 Å². The van der Waals surface area contributed by atoms with Crippen molar-refractivity contribution in [2.24, 2.45) is 0 Å². The van der Waals surface area contributed by atoms with Crippen LogP contribution in [-0.4, -0.2) is 8.42 Å². The number of benzene rings is 1. The molecule has 1 aromatic carbocycles. The molecule has 0 aliphatic heterocycles. The first kappa shape index (κ1) is 10.2. The highest BCUT2D eigenvalue weighted by molar-refractivity contribution is 7.85. The highest BCUT2D eigenvalue weighted by Crippen LogP contribution is 2.12. The lowest BCUT2D eigenvalue weighted by Crippen LogP contribution is -1.96. The highest BCUT2D eigenvalue weighted by Gasteiger charge is 2.10. The third-order valence-electron chi connectivity index (χ3n) is 1.73. The van der Waals surface area contributed by atoms with Crippen molar-refractivity contribution < 1.29 is 13.0 Å². The van der Waals surface area contributed by atoms with Crippen LogP contribution in [0.15, 0.2) is 29.2 Å². The molecule has 0 aromatic heterocycles. The molecular weight excluding hydrogens is 188 g/mol. The summed E-state index contributed by atoms with van der Waals surface area (Å²) in [6.45, 7) is 2.00. The summed E-state index contributed by atoms with van der Waals surface area (Å²) in [5.74, 6) is 0. The van der Waals surface area contributed by atoms with Crippen LogP contribution in [-0.2, 0) is 21.1 Å². The van der Waals surface area contributed by atoms with Gasteiger partial charge in [0.2, 0.25) is 0 Å². The smallest absolute Gasteiger partial charge is 0.192 e. The van der Waals surface area contributed by atoms with Gasteiger partial charge in [0.25, 0.3) is 0 Å². The van der Waals surface area contributed by atoms with Crippen LogP contribution in [0.2, 0.25) is 0 Å². The fourth-order valence-corrected chi connectivity index (χ4v) is 1.69. The van der Waals surface area contributed by atoms with Gasteiger partial charge in [-0.25, -0.2) is 0 Å². The Labute approximate surface area is 78.2 Å². The van der Waals surface area contributed by atoms with Crippen molar-refractivity contribution >= 4 is 10.1 Å². The Bertz CT molecular complexity index is 382. The zero-order valence-electron chi connectivity index (χ0n) is 7.36. The summed E-state index contributed by atoms with van der Waals surface area (Å²) in [5.41, 5.74) is 0.888. The van der Waals surface area contributed by atoms with Gasteiger partial charge in [0.1, 0.15) is 0 Å². The van der Waals surface area contributed by atoms with Gasteiger partial charge in [-0.05, 0) is 24.1 Å². The zero-order valence-corrected chi connectivity index (χ0v) is 8.17. The molecule has 71 valence electrons. The summed E-state index contributed by atoms with van der Waals surface area (Å²) >= 11 is 0. The van der Waals surface area contributed by atoms with E-state index in [2.05, 4.69) is 0 Å². The van der Waals surface area contributed by atoms with Crippen LogP contribution in [0.4, 0.5) is 0 Å². The maximum Gasteiger partial charge on any atom is 0.324 e.